The molecule has 0 radical (unpaired) electrons. The van der Waals surface area contributed by atoms with Crippen molar-refractivity contribution in [2.24, 2.45) is 0 Å². The Morgan fingerprint density at radius 2 is 1.67 bits per heavy atom. The van der Waals surface area contributed by atoms with Crippen molar-refractivity contribution in [2.45, 2.75) is 30.0 Å². The predicted octanol–water partition coefficient (Wildman–Crippen LogP) is 5.57. The van der Waals surface area contributed by atoms with Gasteiger partial charge in [-0.2, -0.15) is 0 Å². The van der Waals surface area contributed by atoms with Crippen LogP contribution in [0.25, 0.3) is 0 Å². The molecule has 1 aliphatic heterocycles. The van der Waals surface area contributed by atoms with Crippen molar-refractivity contribution >= 4 is 39.8 Å². The van der Waals surface area contributed by atoms with E-state index in [1.807, 2.05) is 59.5 Å². The topological polar surface area (TPSA) is 67.3 Å². The summed E-state index contributed by atoms with van der Waals surface area (Å²) in [4.78, 5) is 14.4. The van der Waals surface area contributed by atoms with Gasteiger partial charge in [-0.1, -0.05) is 54.1 Å². The van der Waals surface area contributed by atoms with E-state index >= 15 is 0 Å². The molecule has 0 bridgehead atoms. The third-order valence-corrected chi connectivity index (χ3v) is 6.73. The van der Waals surface area contributed by atoms with Gasteiger partial charge in [-0.05, 0) is 49.2 Å². The maximum Gasteiger partial charge on any atom is 0.233 e. The van der Waals surface area contributed by atoms with Crippen LogP contribution >= 0.6 is 23.1 Å². The Morgan fingerprint density at radius 3 is 2.40 bits per heavy atom. The van der Waals surface area contributed by atoms with Gasteiger partial charge in [0.1, 0.15) is 11.5 Å². The second-order valence-electron chi connectivity index (χ2n) is 7.02. The minimum atomic E-state index is 0.195. The normalized spacial score (nSPS) is 14.2. The third-order valence-electron chi connectivity index (χ3n) is 4.77. The minimum Gasteiger partial charge on any atom is -0.457 e. The van der Waals surface area contributed by atoms with Gasteiger partial charge in [0.25, 0.3) is 0 Å². The molecule has 0 spiro atoms. The van der Waals surface area contributed by atoms with Crippen LogP contribution in [0.3, 0.4) is 0 Å². The summed E-state index contributed by atoms with van der Waals surface area (Å²) in [5.41, 5.74) is 0.906. The molecule has 30 heavy (non-hydrogen) atoms. The number of rotatable bonds is 7. The summed E-state index contributed by atoms with van der Waals surface area (Å²) in [6.07, 6.45) is 4.67. The zero-order valence-electron chi connectivity index (χ0n) is 16.6. The molecule has 0 unspecified atom stereocenters. The van der Waals surface area contributed by atoms with Crippen LogP contribution in [0.1, 0.15) is 25.7 Å². The van der Waals surface area contributed by atoms with E-state index < -0.39 is 0 Å². The zero-order chi connectivity index (χ0) is 20.6. The van der Waals surface area contributed by atoms with Crippen LogP contribution in [0.2, 0.25) is 0 Å². The molecule has 1 fully saturated rings. The summed E-state index contributed by atoms with van der Waals surface area (Å²) in [7, 11) is 0. The smallest absolute Gasteiger partial charge is 0.233 e. The fourth-order valence-electron chi connectivity index (χ4n) is 3.21. The molecule has 6 nitrogen and oxygen atoms in total. The van der Waals surface area contributed by atoms with Crippen molar-refractivity contribution in [3.05, 3.63) is 54.6 Å². The summed E-state index contributed by atoms with van der Waals surface area (Å²) >= 11 is 2.91. The first kappa shape index (κ1) is 20.7. The van der Waals surface area contributed by atoms with Gasteiger partial charge in [0, 0.05) is 18.8 Å². The Morgan fingerprint density at radius 1 is 0.967 bits per heavy atom. The monoisotopic (exact) mass is 440 g/mol. The summed E-state index contributed by atoms with van der Waals surface area (Å²) < 4.78 is 6.60. The Kier molecular flexibility index (Phi) is 7.20. The lowest BCUT2D eigenvalue weighted by molar-refractivity contribution is -0.128. The Labute approximate surface area is 184 Å². The van der Waals surface area contributed by atoms with E-state index in [9.17, 15) is 4.79 Å². The standard InChI is InChI=1S/C22H24N4O2S2/c27-20(26-14-6-1-2-7-15-26)16-29-22-25-24-21(30-22)23-17-10-12-19(13-11-17)28-18-8-4-3-5-9-18/h3-5,8-13H,1-2,6-7,14-16H2,(H,23,24). The fourth-order valence-corrected chi connectivity index (χ4v) is 4.88. The molecule has 0 atom stereocenters. The van der Waals surface area contributed by atoms with Crippen LogP contribution in [-0.2, 0) is 4.79 Å². The summed E-state index contributed by atoms with van der Waals surface area (Å²) in [5, 5.41) is 12.3. The first-order valence-electron chi connectivity index (χ1n) is 10.1. The SMILES string of the molecule is O=C(CSc1nnc(Nc2ccc(Oc3ccccc3)cc2)s1)N1CCCCCC1. The second-order valence-corrected chi connectivity index (χ2v) is 9.22. The minimum absolute atomic E-state index is 0.195. The number of para-hydroxylation sites is 1. The van der Waals surface area contributed by atoms with Crippen LogP contribution < -0.4 is 10.1 Å². The number of ether oxygens (including phenoxy) is 1. The number of nitrogens with zero attached hydrogens (tertiary/aromatic N) is 3. The highest BCUT2D eigenvalue weighted by Gasteiger charge is 2.16. The zero-order valence-corrected chi connectivity index (χ0v) is 18.3. The number of thioether (sulfide) groups is 1. The van der Waals surface area contributed by atoms with Crippen LogP contribution in [0.5, 0.6) is 11.5 Å². The molecule has 1 aromatic heterocycles. The van der Waals surface area contributed by atoms with E-state index in [0.29, 0.717) is 10.9 Å². The number of anilines is 2. The number of carbonyl (C=O) groups excluding carboxylic acids is 1. The Bertz CT molecular complexity index is 939. The molecule has 0 aliphatic carbocycles. The second kappa shape index (κ2) is 10.4. The predicted molar refractivity (Wildman–Crippen MR) is 122 cm³/mol. The van der Waals surface area contributed by atoms with E-state index in [-0.39, 0.29) is 5.91 Å². The average Bonchev–Trinajstić information content (AvgIpc) is 3.04. The molecule has 1 saturated heterocycles. The summed E-state index contributed by atoms with van der Waals surface area (Å²) in [6, 6.07) is 17.4. The van der Waals surface area contributed by atoms with E-state index in [2.05, 4.69) is 15.5 Å². The van der Waals surface area contributed by atoms with Crippen molar-refractivity contribution < 1.29 is 9.53 Å². The number of aromatic nitrogens is 2. The lowest BCUT2D eigenvalue weighted by Crippen LogP contribution is -2.33. The number of hydrogen-bond donors (Lipinski definition) is 1. The number of carbonyl (C=O) groups is 1. The Hall–Kier alpha value is -2.58. The van der Waals surface area contributed by atoms with Crippen molar-refractivity contribution in [3.8, 4) is 11.5 Å². The van der Waals surface area contributed by atoms with Gasteiger partial charge < -0.3 is 15.0 Å². The molecular weight excluding hydrogens is 416 g/mol. The molecule has 1 N–H and O–H groups in total. The van der Waals surface area contributed by atoms with E-state index in [1.54, 1.807) is 0 Å². The fraction of sp³-hybridized carbons (Fsp3) is 0.318. The molecule has 156 valence electrons. The highest BCUT2D eigenvalue weighted by Crippen LogP contribution is 2.29. The quantitative estimate of drug-likeness (QED) is 0.485. The van der Waals surface area contributed by atoms with Gasteiger partial charge in [-0.15, -0.1) is 10.2 Å². The van der Waals surface area contributed by atoms with E-state index in [0.717, 1.165) is 47.5 Å². The molecule has 2 heterocycles. The first-order valence-corrected chi connectivity index (χ1v) is 11.9. The van der Waals surface area contributed by atoms with Crippen molar-refractivity contribution in [1.29, 1.82) is 0 Å². The summed E-state index contributed by atoms with van der Waals surface area (Å²) in [6.45, 7) is 1.76. The highest BCUT2D eigenvalue weighted by atomic mass is 32.2. The molecule has 1 amide bonds. The number of likely N-dealkylation sites (tertiary alicyclic amines) is 1. The largest absolute Gasteiger partial charge is 0.457 e. The van der Waals surface area contributed by atoms with Gasteiger partial charge in [-0.25, -0.2) is 0 Å². The lowest BCUT2D eigenvalue weighted by atomic mass is 10.2. The van der Waals surface area contributed by atoms with Crippen LogP contribution in [-0.4, -0.2) is 39.8 Å². The maximum absolute atomic E-state index is 12.4. The van der Waals surface area contributed by atoms with E-state index in [1.165, 1.54) is 35.9 Å². The molecule has 2 aromatic carbocycles. The molecule has 8 heteroatoms. The summed E-state index contributed by atoms with van der Waals surface area (Å²) in [5.74, 6) is 2.19. The maximum atomic E-state index is 12.4. The molecule has 4 rings (SSSR count). The number of benzene rings is 2. The molecule has 1 aliphatic rings. The van der Waals surface area contributed by atoms with Gasteiger partial charge in [0.2, 0.25) is 11.0 Å². The van der Waals surface area contributed by atoms with Gasteiger partial charge in [0.05, 0.1) is 5.75 Å². The van der Waals surface area contributed by atoms with Gasteiger partial charge in [0.15, 0.2) is 4.34 Å². The third kappa shape index (κ3) is 5.96. The van der Waals surface area contributed by atoms with Crippen LogP contribution in [0.15, 0.2) is 58.9 Å². The number of hydrogen-bond acceptors (Lipinski definition) is 7. The molecule has 3 aromatic rings. The number of amides is 1. The Balaban J connectivity index is 1.27. The number of nitrogens with one attached hydrogen (secondary N) is 1. The lowest BCUT2D eigenvalue weighted by Gasteiger charge is -2.19. The van der Waals surface area contributed by atoms with Crippen LogP contribution in [0, 0.1) is 0 Å². The van der Waals surface area contributed by atoms with Crippen molar-refractivity contribution in [2.75, 3.05) is 24.2 Å². The van der Waals surface area contributed by atoms with Crippen LogP contribution in [0.4, 0.5) is 10.8 Å². The highest BCUT2D eigenvalue weighted by molar-refractivity contribution is 8.01. The van der Waals surface area contributed by atoms with Gasteiger partial charge >= 0.3 is 0 Å². The first-order chi connectivity index (χ1) is 14.8. The molecular formula is C22H24N4O2S2. The molecule has 0 saturated carbocycles. The van der Waals surface area contributed by atoms with Gasteiger partial charge in [-0.3, -0.25) is 4.79 Å². The average molecular weight is 441 g/mol. The van der Waals surface area contributed by atoms with Crippen molar-refractivity contribution in [1.82, 2.24) is 15.1 Å². The van der Waals surface area contributed by atoms with E-state index in [4.69, 9.17) is 4.74 Å². The van der Waals surface area contributed by atoms with Crippen molar-refractivity contribution in [3.63, 3.8) is 0 Å².